The van der Waals surface area contributed by atoms with E-state index in [2.05, 4.69) is 27.4 Å². The van der Waals surface area contributed by atoms with Crippen molar-refractivity contribution in [1.82, 2.24) is 9.88 Å². The highest BCUT2D eigenvalue weighted by Gasteiger charge is 2.23. The van der Waals surface area contributed by atoms with Gasteiger partial charge in [0.1, 0.15) is 0 Å². The summed E-state index contributed by atoms with van der Waals surface area (Å²) in [6.07, 6.45) is 6.65. The smallest absolute Gasteiger partial charge is 0.222 e. The van der Waals surface area contributed by atoms with E-state index in [1.165, 1.54) is 11.3 Å². The first-order valence-electron chi connectivity index (χ1n) is 8.01. The first-order chi connectivity index (χ1) is 10.8. The molecule has 0 spiro atoms. The zero-order valence-electron chi connectivity index (χ0n) is 12.8. The van der Waals surface area contributed by atoms with Gasteiger partial charge in [0.15, 0.2) is 0 Å². The Kier molecular flexibility index (Phi) is 5.22. The highest BCUT2D eigenvalue weighted by atomic mass is 32.1. The van der Waals surface area contributed by atoms with Gasteiger partial charge in [-0.3, -0.25) is 9.78 Å². The molecular weight excluding hydrogens is 292 g/mol. The van der Waals surface area contributed by atoms with Gasteiger partial charge in [-0.05, 0) is 55.2 Å². The molecule has 2 aromatic heterocycles. The first-order valence-corrected chi connectivity index (χ1v) is 8.89. The van der Waals surface area contributed by atoms with Crippen molar-refractivity contribution in [3.8, 4) is 0 Å². The minimum absolute atomic E-state index is 0.305. The lowest BCUT2D eigenvalue weighted by molar-refractivity contribution is -0.132. The van der Waals surface area contributed by atoms with Crippen LogP contribution in [0.5, 0.6) is 0 Å². The van der Waals surface area contributed by atoms with Crippen molar-refractivity contribution in [1.29, 1.82) is 0 Å². The molecule has 1 aliphatic heterocycles. The van der Waals surface area contributed by atoms with Crippen LogP contribution in [-0.4, -0.2) is 28.9 Å². The fourth-order valence-electron chi connectivity index (χ4n) is 3.12. The van der Waals surface area contributed by atoms with Gasteiger partial charge in [0.25, 0.3) is 0 Å². The van der Waals surface area contributed by atoms with Gasteiger partial charge in [-0.2, -0.15) is 0 Å². The largest absolute Gasteiger partial charge is 0.342 e. The molecule has 1 amide bonds. The second-order valence-electron chi connectivity index (χ2n) is 5.95. The number of carbonyl (C=O) groups excluding carboxylic acids is 1. The monoisotopic (exact) mass is 314 g/mol. The summed E-state index contributed by atoms with van der Waals surface area (Å²) in [5.41, 5.74) is 1.14. The number of aromatic nitrogens is 1. The van der Waals surface area contributed by atoms with Crippen LogP contribution < -0.4 is 0 Å². The fraction of sp³-hybridized carbons (Fsp3) is 0.444. The molecule has 3 nitrogen and oxygen atoms in total. The highest BCUT2D eigenvalue weighted by Crippen LogP contribution is 2.21. The second-order valence-corrected chi connectivity index (χ2v) is 6.98. The number of aryl methyl sites for hydroxylation is 1. The minimum atomic E-state index is 0.305. The Morgan fingerprint density at radius 1 is 1.32 bits per heavy atom. The van der Waals surface area contributed by atoms with Gasteiger partial charge in [0, 0.05) is 36.3 Å². The summed E-state index contributed by atoms with van der Waals surface area (Å²) in [7, 11) is 0. The topological polar surface area (TPSA) is 33.2 Å². The Hall–Kier alpha value is -1.68. The Labute approximate surface area is 136 Å². The Morgan fingerprint density at radius 3 is 3.05 bits per heavy atom. The number of hydrogen-bond donors (Lipinski definition) is 0. The van der Waals surface area contributed by atoms with E-state index < -0.39 is 0 Å². The van der Waals surface area contributed by atoms with Crippen LogP contribution in [0.25, 0.3) is 0 Å². The first kappa shape index (κ1) is 15.2. The third-order valence-electron chi connectivity index (χ3n) is 4.26. The molecule has 1 unspecified atom stereocenters. The van der Waals surface area contributed by atoms with Crippen LogP contribution in [0.2, 0.25) is 0 Å². The molecule has 0 N–H and O–H groups in total. The molecule has 0 aliphatic carbocycles. The van der Waals surface area contributed by atoms with Crippen LogP contribution in [0.1, 0.15) is 29.8 Å². The Morgan fingerprint density at radius 2 is 2.27 bits per heavy atom. The van der Waals surface area contributed by atoms with E-state index in [4.69, 9.17) is 0 Å². The van der Waals surface area contributed by atoms with E-state index in [1.807, 2.05) is 24.4 Å². The summed E-state index contributed by atoms with van der Waals surface area (Å²) in [5.74, 6) is 0.855. The molecule has 1 aliphatic rings. The predicted octanol–water partition coefficient (Wildman–Crippen LogP) is 3.56. The van der Waals surface area contributed by atoms with Crippen LogP contribution >= 0.6 is 11.3 Å². The zero-order valence-corrected chi connectivity index (χ0v) is 13.6. The molecule has 0 aromatic carbocycles. The summed E-state index contributed by atoms with van der Waals surface area (Å²) in [5, 5.41) is 2.07. The number of amides is 1. The number of pyridine rings is 1. The van der Waals surface area contributed by atoms with E-state index in [0.29, 0.717) is 18.2 Å². The molecule has 3 heterocycles. The second kappa shape index (κ2) is 7.54. The molecule has 0 radical (unpaired) electrons. The average Bonchev–Trinajstić information content (AvgIpc) is 3.07. The van der Waals surface area contributed by atoms with Crippen molar-refractivity contribution in [2.75, 3.05) is 13.1 Å². The van der Waals surface area contributed by atoms with Crippen molar-refractivity contribution in [2.24, 2.45) is 5.92 Å². The number of carbonyl (C=O) groups is 1. The molecule has 1 atom stereocenters. The maximum Gasteiger partial charge on any atom is 0.222 e. The SMILES string of the molecule is O=C(CCc1cccs1)N1CCCC(Cc2ccccn2)C1. The lowest BCUT2D eigenvalue weighted by Gasteiger charge is -2.32. The summed E-state index contributed by atoms with van der Waals surface area (Å²) in [4.78, 5) is 20.2. The third-order valence-corrected chi connectivity index (χ3v) is 5.20. The number of piperidine rings is 1. The minimum Gasteiger partial charge on any atom is -0.342 e. The van der Waals surface area contributed by atoms with Gasteiger partial charge in [0.05, 0.1) is 0 Å². The van der Waals surface area contributed by atoms with Gasteiger partial charge < -0.3 is 4.90 Å². The van der Waals surface area contributed by atoms with E-state index in [-0.39, 0.29) is 0 Å². The number of likely N-dealkylation sites (tertiary alicyclic amines) is 1. The van der Waals surface area contributed by atoms with Gasteiger partial charge in [-0.15, -0.1) is 11.3 Å². The number of rotatable bonds is 5. The molecule has 1 fully saturated rings. The molecule has 1 saturated heterocycles. The number of thiophene rings is 1. The maximum atomic E-state index is 12.4. The summed E-state index contributed by atoms with van der Waals surface area (Å²) >= 11 is 1.73. The third kappa shape index (κ3) is 4.17. The molecule has 4 heteroatoms. The van der Waals surface area contributed by atoms with Crippen LogP contribution in [0.15, 0.2) is 41.9 Å². The standard InChI is InChI=1S/C18H22N2OS/c21-18(9-8-17-7-4-12-22-17)20-11-3-5-15(14-20)13-16-6-1-2-10-19-16/h1-2,4,6-7,10,12,15H,3,5,8-9,11,13-14H2. The molecule has 22 heavy (non-hydrogen) atoms. The lowest BCUT2D eigenvalue weighted by atomic mass is 9.93. The van der Waals surface area contributed by atoms with Crippen LogP contribution in [0.4, 0.5) is 0 Å². The van der Waals surface area contributed by atoms with Gasteiger partial charge in [-0.1, -0.05) is 12.1 Å². The summed E-state index contributed by atoms with van der Waals surface area (Å²) < 4.78 is 0. The van der Waals surface area contributed by atoms with Gasteiger partial charge in [0.2, 0.25) is 5.91 Å². The number of nitrogens with zero attached hydrogens (tertiary/aromatic N) is 2. The van der Waals surface area contributed by atoms with Crippen LogP contribution in [0, 0.1) is 5.92 Å². The van der Waals surface area contributed by atoms with Crippen molar-refractivity contribution < 1.29 is 4.79 Å². The lowest BCUT2D eigenvalue weighted by Crippen LogP contribution is -2.40. The van der Waals surface area contributed by atoms with Crippen molar-refractivity contribution in [3.63, 3.8) is 0 Å². The molecular formula is C18H22N2OS. The van der Waals surface area contributed by atoms with Crippen molar-refractivity contribution in [3.05, 3.63) is 52.5 Å². The Balaban J connectivity index is 1.50. The van der Waals surface area contributed by atoms with Crippen LogP contribution in [-0.2, 0) is 17.6 Å². The molecule has 0 bridgehead atoms. The van der Waals surface area contributed by atoms with E-state index in [0.717, 1.165) is 38.0 Å². The zero-order chi connectivity index (χ0) is 15.2. The molecule has 2 aromatic rings. The normalized spacial score (nSPS) is 18.4. The van der Waals surface area contributed by atoms with E-state index >= 15 is 0 Å². The van der Waals surface area contributed by atoms with E-state index in [9.17, 15) is 4.79 Å². The average molecular weight is 314 g/mol. The summed E-state index contributed by atoms with van der Waals surface area (Å²) in [6, 6.07) is 10.2. The Bertz CT molecular complexity index is 582. The van der Waals surface area contributed by atoms with Crippen molar-refractivity contribution in [2.45, 2.75) is 32.1 Å². The molecule has 116 valence electrons. The molecule has 0 saturated carbocycles. The quantitative estimate of drug-likeness (QED) is 0.845. The maximum absolute atomic E-state index is 12.4. The van der Waals surface area contributed by atoms with Gasteiger partial charge in [-0.25, -0.2) is 0 Å². The number of hydrogen-bond acceptors (Lipinski definition) is 3. The van der Waals surface area contributed by atoms with Crippen LogP contribution in [0.3, 0.4) is 0 Å². The highest BCUT2D eigenvalue weighted by molar-refractivity contribution is 7.09. The van der Waals surface area contributed by atoms with E-state index in [1.54, 1.807) is 11.3 Å². The summed E-state index contributed by atoms with van der Waals surface area (Å²) in [6.45, 7) is 1.81. The van der Waals surface area contributed by atoms with Gasteiger partial charge >= 0.3 is 0 Å². The molecule has 3 rings (SSSR count). The van der Waals surface area contributed by atoms with Crippen molar-refractivity contribution >= 4 is 17.2 Å². The fourth-order valence-corrected chi connectivity index (χ4v) is 3.82. The predicted molar refractivity (Wildman–Crippen MR) is 89.9 cm³/mol.